The van der Waals surface area contributed by atoms with E-state index in [1.807, 2.05) is 47.8 Å². The molecule has 34 heavy (non-hydrogen) atoms. The second-order valence-electron chi connectivity index (χ2n) is 8.15. The van der Waals surface area contributed by atoms with E-state index in [1.54, 1.807) is 0 Å². The number of fused-ring (bicyclic) bond motifs is 1. The molecule has 2 heterocycles. The number of benzene rings is 2. The van der Waals surface area contributed by atoms with E-state index >= 15 is 0 Å². The molecule has 0 aliphatic heterocycles. The van der Waals surface area contributed by atoms with Gasteiger partial charge in [-0.1, -0.05) is 72.4 Å². The van der Waals surface area contributed by atoms with Crippen LogP contribution in [0.2, 0.25) is 0 Å². The van der Waals surface area contributed by atoms with E-state index in [0.717, 1.165) is 41.8 Å². The first-order valence-electron chi connectivity index (χ1n) is 11.1. The number of thiazole rings is 1. The number of rotatable bonds is 6. The molecule has 2 aromatic heterocycles. The van der Waals surface area contributed by atoms with Gasteiger partial charge < -0.3 is 5.32 Å². The van der Waals surface area contributed by atoms with Gasteiger partial charge in [-0.05, 0) is 42.4 Å². The standard InChI is InChI=1S/C27H22N4OS2/c28-15-22-14-21-13-20(18-7-3-1-4-8-18)11-12-23(21)29-26(22)33-17-25(32)31-27-30-24(16-34-27)19-9-5-2-6-10-19/h1-10,14,16,20H,11-13,17H2,(H,30,31,32). The first kappa shape index (κ1) is 22.3. The molecule has 5 rings (SSSR count). The molecule has 1 aliphatic carbocycles. The number of nitrogens with one attached hydrogen (secondary N) is 1. The molecular weight excluding hydrogens is 460 g/mol. The minimum absolute atomic E-state index is 0.161. The minimum Gasteiger partial charge on any atom is -0.301 e. The lowest BCUT2D eigenvalue weighted by atomic mass is 9.82. The Morgan fingerprint density at radius 2 is 1.88 bits per heavy atom. The molecule has 0 saturated carbocycles. The van der Waals surface area contributed by atoms with Crippen molar-refractivity contribution >= 4 is 34.1 Å². The Labute approximate surface area is 206 Å². The number of carbonyl (C=O) groups is 1. The average molecular weight is 483 g/mol. The summed E-state index contributed by atoms with van der Waals surface area (Å²) in [5, 5.41) is 15.7. The van der Waals surface area contributed by atoms with Gasteiger partial charge in [-0.25, -0.2) is 9.97 Å². The summed E-state index contributed by atoms with van der Waals surface area (Å²) >= 11 is 2.70. The predicted molar refractivity (Wildman–Crippen MR) is 137 cm³/mol. The van der Waals surface area contributed by atoms with Gasteiger partial charge in [0.2, 0.25) is 5.91 Å². The molecule has 0 fully saturated rings. The largest absolute Gasteiger partial charge is 0.301 e. The van der Waals surface area contributed by atoms with Gasteiger partial charge >= 0.3 is 0 Å². The number of amides is 1. The summed E-state index contributed by atoms with van der Waals surface area (Å²) in [5.41, 5.74) is 5.90. The predicted octanol–water partition coefficient (Wildman–Crippen LogP) is 6.08. The van der Waals surface area contributed by atoms with Gasteiger partial charge in [0.25, 0.3) is 0 Å². The van der Waals surface area contributed by atoms with Crippen molar-refractivity contribution in [3.63, 3.8) is 0 Å². The van der Waals surface area contributed by atoms with Gasteiger partial charge in [0.1, 0.15) is 11.1 Å². The third-order valence-corrected chi connectivity index (χ3v) is 7.65. The lowest BCUT2D eigenvalue weighted by molar-refractivity contribution is -0.113. The van der Waals surface area contributed by atoms with E-state index in [0.29, 0.717) is 21.6 Å². The Kier molecular flexibility index (Phi) is 6.70. The summed E-state index contributed by atoms with van der Waals surface area (Å²) in [6.45, 7) is 0. The highest BCUT2D eigenvalue weighted by atomic mass is 32.2. The zero-order valence-electron chi connectivity index (χ0n) is 18.4. The van der Waals surface area contributed by atoms with Crippen LogP contribution in [-0.2, 0) is 17.6 Å². The second-order valence-corrected chi connectivity index (χ2v) is 9.97. The number of anilines is 1. The number of hydrogen-bond donors (Lipinski definition) is 1. The molecule has 2 aromatic carbocycles. The SMILES string of the molecule is N#Cc1cc2c(nc1SCC(=O)Nc1nc(-c3ccccc3)cs1)CCC(c1ccccc1)C2. The average Bonchev–Trinajstić information content (AvgIpc) is 3.36. The summed E-state index contributed by atoms with van der Waals surface area (Å²) in [5.74, 6) is 0.463. The van der Waals surface area contributed by atoms with Crippen molar-refractivity contribution in [1.82, 2.24) is 9.97 Å². The van der Waals surface area contributed by atoms with Crippen LogP contribution >= 0.6 is 23.1 Å². The first-order valence-corrected chi connectivity index (χ1v) is 13.0. The van der Waals surface area contributed by atoms with Gasteiger partial charge in [0.15, 0.2) is 5.13 Å². The fourth-order valence-electron chi connectivity index (χ4n) is 4.21. The lowest BCUT2D eigenvalue weighted by Gasteiger charge is -2.25. The van der Waals surface area contributed by atoms with Crippen LogP contribution in [0.15, 0.2) is 77.1 Å². The number of aryl methyl sites for hydroxylation is 1. The number of aromatic nitrogens is 2. The monoisotopic (exact) mass is 482 g/mol. The van der Waals surface area contributed by atoms with Crippen molar-refractivity contribution in [2.24, 2.45) is 0 Å². The summed E-state index contributed by atoms with van der Waals surface area (Å²) in [6, 6.07) is 24.6. The van der Waals surface area contributed by atoms with Gasteiger partial charge in [-0.15, -0.1) is 11.3 Å². The first-order chi connectivity index (χ1) is 16.7. The van der Waals surface area contributed by atoms with Crippen molar-refractivity contribution in [3.05, 3.63) is 94.5 Å². The number of pyridine rings is 1. The van der Waals surface area contributed by atoms with Crippen molar-refractivity contribution in [1.29, 1.82) is 5.26 Å². The van der Waals surface area contributed by atoms with Crippen LogP contribution in [0.1, 0.15) is 34.7 Å². The highest BCUT2D eigenvalue weighted by Gasteiger charge is 2.23. The number of nitrogens with zero attached hydrogens (tertiary/aromatic N) is 3. The summed E-state index contributed by atoms with van der Waals surface area (Å²) < 4.78 is 0. The maximum atomic E-state index is 12.5. The maximum absolute atomic E-state index is 12.5. The van der Waals surface area contributed by atoms with Crippen molar-refractivity contribution < 1.29 is 4.79 Å². The molecule has 0 saturated heterocycles. The smallest absolute Gasteiger partial charge is 0.236 e. The van der Waals surface area contributed by atoms with E-state index in [9.17, 15) is 10.1 Å². The van der Waals surface area contributed by atoms with Gasteiger partial charge in [0, 0.05) is 16.6 Å². The van der Waals surface area contributed by atoms with E-state index < -0.39 is 0 Å². The lowest BCUT2D eigenvalue weighted by Crippen LogP contribution is -2.16. The number of thioether (sulfide) groups is 1. The van der Waals surface area contributed by atoms with Crippen LogP contribution in [0.4, 0.5) is 5.13 Å². The van der Waals surface area contributed by atoms with E-state index in [2.05, 4.69) is 40.6 Å². The van der Waals surface area contributed by atoms with Crippen LogP contribution in [0, 0.1) is 11.3 Å². The molecule has 7 heteroatoms. The van der Waals surface area contributed by atoms with E-state index in [4.69, 9.17) is 4.98 Å². The fraction of sp³-hybridized carbons (Fsp3) is 0.185. The molecule has 4 aromatic rings. The molecule has 0 bridgehead atoms. The molecule has 1 N–H and O–H groups in total. The van der Waals surface area contributed by atoms with Crippen LogP contribution in [0.3, 0.4) is 0 Å². The van der Waals surface area contributed by atoms with Crippen molar-refractivity contribution in [2.45, 2.75) is 30.2 Å². The Morgan fingerprint density at radius 3 is 2.65 bits per heavy atom. The van der Waals surface area contributed by atoms with Gasteiger partial charge in [0.05, 0.1) is 17.0 Å². The zero-order valence-corrected chi connectivity index (χ0v) is 20.0. The van der Waals surface area contributed by atoms with E-state index in [1.165, 1.54) is 28.7 Å². The Balaban J connectivity index is 1.23. The normalized spacial score (nSPS) is 14.7. The van der Waals surface area contributed by atoms with Crippen molar-refractivity contribution in [2.75, 3.05) is 11.1 Å². The number of nitriles is 1. The quantitative estimate of drug-likeness (QED) is 0.337. The Hall–Kier alpha value is -3.47. The Bertz CT molecular complexity index is 1350. The third-order valence-electron chi connectivity index (χ3n) is 5.90. The van der Waals surface area contributed by atoms with Crippen LogP contribution in [-0.4, -0.2) is 21.6 Å². The summed E-state index contributed by atoms with van der Waals surface area (Å²) in [4.78, 5) is 21.8. The molecule has 0 radical (unpaired) electrons. The molecule has 5 nitrogen and oxygen atoms in total. The molecular formula is C27H22N4OS2. The van der Waals surface area contributed by atoms with Crippen LogP contribution in [0.5, 0.6) is 0 Å². The summed E-state index contributed by atoms with van der Waals surface area (Å²) in [7, 11) is 0. The molecule has 1 unspecified atom stereocenters. The van der Waals surface area contributed by atoms with Crippen LogP contribution in [0.25, 0.3) is 11.3 Å². The zero-order chi connectivity index (χ0) is 23.3. The van der Waals surface area contributed by atoms with Gasteiger partial charge in [-0.3, -0.25) is 4.79 Å². The highest BCUT2D eigenvalue weighted by molar-refractivity contribution is 8.00. The van der Waals surface area contributed by atoms with Crippen LogP contribution < -0.4 is 5.32 Å². The molecule has 168 valence electrons. The Morgan fingerprint density at radius 1 is 1.12 bits per heavy atom. The third kappa shape index (κ3) is 5.04. The topological polar surface area (TPSA) is 78.7 Å². The molecule has 1 aliphatic rings. The number of hydrogen-bond acceptors (Lipinski definition) is 6. The minimum atomic E-state index is -0.161. The van der Waals surface area contributed by atoms with Gasteiger partial charge in [-0.2, -0.15) is 5.26 Å². The second kappa shape index (κ2) is 10.2. The highest BCUT2D eigenvalue weighted by Crippen LogP contribution is 2.34. The fourth-order valence-corrected chi connectivity index (χ4v) is 5.72. The molecule has 1 amide bonds. The summed E-state index contributed by atoms with van der Waals surface area (Å²) in [6.07, 6.45) is 2.80. The maximum Gasteiger partial charge on any atom is 0.236 e. The van der Waals surface area contributed by atoms with Crippen molar-refractivity contribution in [3.8, 4) is 17.3 Å². The molecule has 1 atom stereocenters. The van der Waals surface area contributed by atoms with E-state index in [-0.39, 0.29) is 11.7 Å². The molecule has 0 spiro atoms. The number of carbonyl (C=O) groups excluding carboxylic acids is 1.